The Morgan fingerprint density at radius 3 is 2.62 bits per heavy atom. The number of nitrogens with zero attached hydrogens (tertiary/aromatic N) is 1. The van der Waals surface area contributed by atoms with E-state index in [4.69, 9.17) is 4.98 Å². The zero-order valence-corrected chi connectivity index (χ0v) is 14.9. The van der Waals surface area contributed by atoms with Crippen molar-refractivity contribution in [3.63, 3.8) is 0 Å². The van der Waals surface area contributed by atoms with Gasteiger partial charge in [0.2, 0.25) is 0 Å². The summed E-state index contributed by atoms with van der Waals surface area (Å²) in [5.41, 5.74) is 6.16. The molecule has 2 heteroatoms. The average molecular weight is 339 g/mol. The molecule has 0 fully saturated rings. The molecule has 0 aliphatic heterocycles. The highest BCUT2D eigenvalue weighted by molar-refractivity contribution is 6.14. The van der Waals surface area contributed by atoms with Crippen LogP contribution in [0.3, 0.4) is 0 Å². The molecule has 26 heavy (non-hydrogen) atoms. The topological polar surface area (TPSA) is 33.1 Å². The lowest BCUT2D eigenvalue weighted by molar-refractivity contribution is 0.475. The Balaban J connectivity index is 1.95. The first-order valence-electron chi connectivity index (χ1n) is 9.33. The highest BCUT2D eigenvalue weighted by Crippen LogP contribution is 2.41. The summed E-state index contributed by atoms with van der Waals surface area (Å²) in [6, 6.07) is 20.5. The van der Waals surface area contributed by atoms with E-state index >= 15 is 0 Å². The summed E-state index contributed by atoms with van der Waals surface area (Å²) in [6.45, 7) is 2.33. The van der Waals surface area contributed by atoms with Gasteiger partial charge in [0.15, 0.2) is 0 Å². The number of hydrogen-bond donors (Lipinski definition) is 1. The summed E-state index contributed by atoms with van der Waals surface area (Å²) in [5.74, 6) is 0.979. The minimum absolute atomic E-state index is 0.305. The van der Waals surface area contributed by atoms with Gasteiger partial charge in [-0.1, -0.05) is 49.4 Å². The molecule has 1 aromatic heterocycles. The van der Waals surface area contributed by atoms with E-state index in [1.54, 1.807) is 12.1 Å². The van der Waals surface area contributed by atoms with Crippen LogP contribution in [0.1, 0.15) is 24.6 Å². The molecule has 1 unspecified atom stereocenters. The second-order valence-corrected chi connectivity index (χ2v) is 7.49. The van der Waals surface area contributed by atoms with E-state index in [-0.39, 0.29) is 0 Å². The molecule has 0 saturated carbocycles. The van der Waals surface area contributed by atoms with Crippen molar-refractivity contribution >= 4 is 21.7 Å². The monoisotopic (exact) mass is 339 g/mol. The van der Waals surface area contributed by atoms with Crippen molar-refractivity contribution in [3.8, 4) is 16.9 Å². The van der Waals surface area contributed by atoms with Gasteiger partial charge >= 0.3 is 0 Å². The molecule has 1 atom stereocenters. The number of pyridine rings is 1. The summed E-state index contributed by atoms with van der Waals surface area (Å²) >= 11 is 0. The fourth-order valence-electron chi connectivity index (χ4n) is 4.33. The van der Waals surface area contributed by atoms with Crippen LogP contribution in [-0.2, 0) is 12.8 Å². The number of hydrogen-bond acceptors (Lipinski definition) is 2. The van der Waals surface area contributed by atoms with E-state index < -0.39 is 0 Å². The van der Waals surface area contributed by atoms with Crippen LogP contribution in [0.25, 0.3) is 32.8 Å². The Morgan fingerprint density at radius 1 is 0.962 bits per heavy atom. The minimum Gasteiger partial charge on any atom is -0.508 e. The number of aromatic nitrogens is 1. The van der Waals surface area contributed by atoms with Gasteiger partial charge < -0.3 is 5.11 Å². The van der Waals surface area contributed by atoms with Crippen molar-refractivity contribution in [1.82, 2.24) is 4.98 Å². The van der Waals surface area contributed by atoms with Crippen LogP contribution in [-0.4, -0.2) is 10.1 Å². The molecule has 1 heterocycles. The van der Waals surface area contributed by atoms with Crippen molar-refractivity contribution in [2.24, 2.45) is 5.92 Å². The molecule has 5 rings (SSSR count). The standard InChI is InChI=1S/C24H21NO/c1-15-6-12-21-20(14-15)23(17-7-10-18(26)11-8-17)24-19-5-3-2-4-16(19)9-13-22(24)25-21/h2-5,7-11,13,15,26H,6,12,14H2,1H3. The third kappa shape index (κ3) is 2.37. The molecular weight excluding hydrogens is 318 g/mol. The van der Waals surface area contributed by atoms with Crippen LogP contribution in [0.4, 0.5) is 0 Å². The lowest BCUT2D eigenvalue weighted by Gasteiger charge is -2.25. The summed E-state index contributed by atoms with van der Waals surface area (Å²) < 4.78 is 0. The van der Waals surface area contributed by atoms with Gasteiger partial charge in [-0.25, -0.2) is 0 Å². The molecule has 128 valence electrons. The van der Waals surface area contributed by atoms with Crippen LogP contribution >= 0.6 is 0 Å². The van der Waals surface area contributed by atoms with E-state index in [2.05, 4.69) is 43.3 Å². The molecule has 0 saturated heterocycles. The highest BCUT2D eigenvalue weighted by Gasteiger charge is 2.23. The molecule has 2 nitrogen and oxygen atoms in total. The van der Waals surface area contributed by atoms with Crippen molar-refractivity contribution in [2.75, 3.05) is 0 Å². The number of rotatable bonds is 1. The number of aromatic hydroxyl groups is 1. The van der Waals surface area contributed by atoms with Gasteiger partial charge in [0, 0.05) is 11.1 Å². The maximum Gasteiger partial charge on any atom is 0.115 e. The average Bonchev–Trinajstić information content (AvgIpc) is 2.67. The third-order valence-corrected chi connectivity index (χ3v) is 5.65. The lowest BCUT2D eigenvalue weighted by atomic mass is 9.81. The number of aryl methyl sites for hydroxylation is 1. The largest absolute Gasteiger partial charge is 0.508 e. The normalized spacial score (nSPS) is 16.7. The predicted octanol–water partition coefficient (Wildman–Crippen LogP) is 5.89. The Hall–Kier alpha value is -2.87. The van der Waals surface area contributed by atoms with Gasteiger partial charge in [-0.05, 0) is 70.8 Å². The smallest absolute Gasteiger partial charge is 0.115 e. The van der Waals surface area contributed by atoms with Gasteiger partial charge in [0.25, 0.3) is 0 Å². The molecule has 3 aromatic carbocycles. The number of benzene rings is 3. The fraction of sp³-hybridized carbons (Fsp3) is 0.208. The number of phenols is 1. The second-order valence-electron chi connectivity index (χ2n) is 7.49. The van der Waals surface area contributed by atoms with Crippen LogP contribution in [0.2, 0.25) is 0 Å². The van der Waals surface area contributed by atoms with Crippen molar-refractivity contribution in [1.29, 1.82) is 0 Å². The fourth-order valence-corrected chi connectivity index (χ4v) is 4.33. The highest BCUT2D eigenvalue weighted by atomic mass is 16.3. The minimum atomic E-state index is 0.305. The van der Waals surface area contributed by atoms with Crippen LogP contribution in [0.15, 0.2) is 60.7 Å². The van der Waals surface area contributed by atoms with Crippen LogP contribution in [0, 0.1) is 5.92 Å². The molecule has 1 aliphatic carbocycles. The van der Waals surface area contributed by atoms with Gasteiger partial charge in [0.1, 0.15) is 5.75 Å². The summed E-state index contributed by atoms with van der Waals surface area (Å²) in [5, 5.41) is 13.5. The summed E-state index contributed by atoms with van der Waals surface area (Å²) in [6.07, 6.45) is 3.32. The Bertz CT molecular complexity index is 1130. The van der Waals surface area contributed by atoms with Crippen molar-refractivity contribution in [2.45, 2.75) is 26.2 Å². The Labute approximate surface area is 153 Å². The van der Waals surface area contributed by atoms with E-state index in [9.17, 15) is 5.11 Å². The van der Waals surface area contributed by atoms with Crippen molar-refractivity contribution < 1.29 is 5.11 Å². The SMILES string of the molecule is CC1CCc2nc3ccc4ccccc4c3c(-c3ccc(O)cc3)c2C1. The molecule has 1 aliphatic rings. The maximum atomic E-state index is 9.76. The first-order valence-corrected chi connectivity index (χ1v) is 9.33. The molecule has 0 amide bonds. The van der Waals surface area contributed by atoms with E-state index in [1.165, 1.54) is 39.4 Å². The second kappa shape index (κ2) is 5.84. The van der Waals surface area contributed by atoms with Crippen molar-refractivity contribution in [3.05, 3.63) is 71.9 Å². The number of fused-ring (bicyclic) bond motifs is 4. The molecular formula is C24H21NO. The predicted molar refractivity (Wildman–Crippen MR) is 108 cm³/mol. The van der Waals surface area contributed by atoms with E-state index in [1.807, 2.05) is 12.1 Å². The first kappa shape index (κ1) is 15.4. The zero-order valence-electron chi connectivity index (χ0n) is 14.9. The Morgan fingerprint density at radius 2 is 1.77 bits per heavy atom. The summed E-state index contributed by atoms with van der Waals surface area (Å²) in [4.78, 5) is 5.05. The van der Waals surface area contributed by atoms with Crippen LogP contribution < -0.4 is 0 Å². The first-order chi connectivity index (χ1) is 12.7. The molecule has 0 bridgehead atoms. The third-order valence-electron chi connectivity index (χ3n) is 5.65. The maximum absolute atomic E-state index is 9.76. The molecule has 1 N–H and O–H groups in total. The van der Waals surface area contributed by atoms with E-state index in [0.717, 1.165) is 23.9 Å². The van der Waals surface area contributed by atoms with Gasteiger partial charge in [0.05, 0.1) is 5.52 Å². The number of phenolic OH excluding ortho intramolecular Hbond substituents is 1. The summed E-state index contributed by atoms with van der Waals surface area (Å²) in [7, 11) is 0. The van der Waals surface area contributed by atoms with Gasteiger partial charge in [-0.15, -0.1) is 0 Å². The Kier molecular flexibility index (Phi) is 3.46. The lowest BCUT2D eigenvalue weighted by Crippen LogP contribution is -2.14. The quantitative estimate of drug-likeness (QED) is 0.439. The van der Waals surface area contributed by atoms with Crippen LogP contribution in [0.5, 0.6) is 5.75 Å². The molecule has 4 aromatic rings. The molecule has 0 spiro atoms. The van der Waals surface area contributed by atoms with E-state index in [0.29, 0.717) is 11.7 Å². The molecule has 0 radical (unpaired) electrons. The van der Waals surface area contributed by atoms with Gasteiger partial charge in [-0.3, -0.25) is 4.98 Å². The zero-order chi connectivity index (χ0) is 17.7. The van der Waals surface area contributed by atoms with Gasteiger partial charge in [-0.2, -0.15) is 0 Å².